The van der Waals surface area contributed by atoms with Crippen LogP contribution in [0.25, 0.3) is 0 Å². The first-order valence-corrected chi connectivity index (χ1v) is 30.1. The first kappa shape index (κ1) is 65.9. The monoisotopic (exact) mass is 1220 g/mol. The number of carbonyl (C=O) groups is 5. The van der Waals surface area contributed by atoms with Crippen molar-refractivity contribution in [2.75, 3.05) is 7.11 Å². The smallest absolute Gasteiger partial charge is 0.407 e. The van der Waals surface area contributed by atoms with Gasteiger partial charge in [-0.15, -0.1) is 0 Å². The molecule has 6 fully saturated rings. The van der Waals surface area contributed by atoms with Crippen molar-refractivity contribution in [2.24, 2.45) is 40.9 Å². The molecule has 5 heterocycles. The number of hydroxylamine groups is 2. The van der Waals surface area contributed by atoms with Crippen LogP contribution in [0.3, 0.4) is 0 Å². The Labute approximate surface area is 500 Å². The van der Waals surface area contributed by atoms with Gasteiger partial charge in [-0.2, -0.15) is 0 Å². The first-order chi connectivity index (χ1) is 40.5. The van der Waals surface area contributed by atoms with Crippen molar-refractivity contribution in [1.29, 1.82) is 0 Å². The summed E-state index contributed by atoms with van der Waals surface area (Å²) in [6.45, 7) is 18.5. The van der Waals surface area contributed by atoms with Crippen molar-refractivity contribution >= 4 is 30.1 Å². The number of esters is 2. The van der Waals surface area contributed by atoms with Gasteiger partial charge in [-0.25, -0.2) is 20.0 Å². The quantitative estimate of drug-likeness (QED) is 0.0348. The van der Waals surface area contributed by atoms with E-state index in [1.165, 1.54) is 19.9 Å². The van der Waals surface area contributed by atoms with Gasteiger partial charge < -0.3 is 88.2 Å². The van der Waals surface area contributed by atoms with E-state index in [1.54, 1.807) is 40.7 Å². The molecule has 28 atom stereocenters. The minimum atomic E-state index is -2.24. The largest absolute Gasteiger partial charge is 0.600 e. The van der Waals surface area contributed by atoms with Crippen LogP contribution in [0.15, 0.2) is 58.4 Å². The SMILES string of the molecule is COC(=O)N[C@@H]1[C@H](C)O[C@@H](O[C@@H]2C/C=C(\C)[C@@H]3C=C[C@@H]4[C@H](O[C@@H]5C[C@@H](O[C@H]6CC[C@H](O[C@@H]7C[C@@H](O)[C@H](O)[C@@H](C)O7)[C@@H](C)O6)[C@H](OC(C)=O)[C@@H](C)O5)[C@@H](C)[C@@H](O)[C@H](C)[C@@H]4[C@@]3(C)C(O)=C3C(=O)O[C@@]4(CC(C=O)=C[C@@H](O)[C@@H]4/C=C/2C)C3=O)C[C@@]1(C)[NH+]([O-])O. The molecule has 8 N–H and O–H groups in total. The molecule has 25 nitrogen and oxygen atoms in total. The van der Waals surface area contributed by atoms with E-state index in [4.69, 9.17) is 52.1 Å². The molecule has 1 amide bonds. The van der Waals surface area contributed by atoms with Crippen molar-refractivity contribution in [1.82, 2.24) is 5.32 Å². The lowest BCUT2D eigenvalue weighted by atomic mass is 9.48. The number of rotatable bonds is 12. The molecule has 25 heteroatoms. The maximum absolute atomic E-state index is 15.5. The minimum absolute atomic E-state index is 0.0259. The fraction of sp³-hybridized carbons (Fsp3) is 0.754. The van der Waals surface area contributed by atoms with Gasteiger partial charge in [-0.1, -0.05) is 50.6 Å². The van der Waals surface area contributed by atoms with Crippen LogP contribution < -0.4 is 10.5 Å². The van der Waals surface area contributed by atoms with Crippen molar-refractivity contribution in [3.63, 3.8) is 0 Å². The maximum atomic E-state index is 15.5. The molecule has 0 aromatic carbocycles. The summed E-state index contributed by atoms with van der Waals surface area (Å²) in [4.78, 5) is 67.8. The van der Waals surface area contributed by atoms with E-state index in [9.17, 15) is 55.1 Å². The summed E-state index contributed by atoms with van der Waals surface area (Å²) < 4.78 is 68.4. The Bertz CT molecular complexity index is 2700. The number of hydrogen-bond donors (Lipinski definition) is 8. The maximum Gasteiger partial charge on any atom is 0.407 e. The predicted molar refractivity (Wildman–Crippen MR) is 297 cm³/mol. The molecule has 9 rings (SSSR count). The van der Waals surface area contributed by atoms with Gasteiger partial charge in [0.2, 0.25) is 5.78 Å². The predicted octanol–water partition coefficient (Wildman–Crippen LogP) is 2.92. The molecule has 4 aliphatic carbocycles. The second kappa shape index (κ2) is 25.7. The summed E-state index contributed by atoms with van der Waals surface area (Å²) in [5.74, 6) is -8.17. The number of carbonyl (C=O) groups excluding carboxylic acids is 5. The van der Waals surface area contributed by atoms with Crippen LogP contribution in [0, 0.1) is 46.1 Å². The summed E-state index contributed by atoms with van der Waals surface area (Å²) in [5, 5.41) is 83.2. The van der Waals surface area contributed by atoms with Gasteiger partial charge in [-0.3, -0.25) is 14.4 Å². The highest BCUT2D eigenvalue weighted by molar-refractivity contribution is 6.26. The van der Waals surface area contributed by atoms with E-state index in [1.807, 2.05) is 45.9 Å². The van der Waals surface area contributed by atoms with E-state index >= 15 is 4.79 Å². The van der Waals surface area contributed by atoms with Gasteiger partial charge in [0.25, 0.3) is 0 Å². The Morgan fingerprint density at radius 2 is 1.45 bits per heavy atom. The molecule has 1 unspecified atom stereocenters. The zero-order chi connectivity index (χ0) is 62.8. The normalized spacial score (nSPS) is 47.9. The fourth-order valence-electron chi connectivity index (χ4n) is 15.5. The molecule has 5 saturated heterocycles. The van der Waals surface area contributed by atoms with E-state index in [0.717, 1.165) is 7.11 Å². The summed E-state index contributed by atoms with van der Waals surface area (Å²) in [6, 6.07) is -1.04. The lowest BCUT2D eigenvalue weighted by Gasteiger charge is -2.58. The third-order valence-corrected chi connectivity index (χ3v) is 20.2. The molecule has 1 saturated carbocycles. The van der Waals surface area contributed by atoms with Crippen LogP contribution in [0.5, 0.6) is 0 Å². The van der Waals surface area contributed by atoms with Crippen molar-refractivity contribution in [3.05, 3.63) is 63.6 Å². The van der Waals surface area contributed by atoms with Crippen molar-refractivity contribution in [3.8, 4) is 0 Å². The zero-order valence-electron chi connectivity index (χ0n) is 50.9. The molecule has 0 aromatic rings. The molecule has 5 aliphatic heterocycles. The van der Waals surface area contributed by atoms with Gasteiger partial charge >= 0.3 is 18.0 Å². The highest BCUT2D eigenvalue weighted by Gasteiger charge is 2.66. The van der Waals surface area contributed by atoms with E-state index in [-0.39, 0.29) is 31.3 Å². The lowest BCUT2D eigenvalue weighted by Crippen LogP contribution is -3.17. The van der Waals surface area contributed by atoms with E-state index in [0.29, 0.717) is 30.3 Å². The average molecular weight is 1220 g/mol. The number of aliphatic hydroxyl groups excluding tert-OH is 5. The molecule has 9 aliphatic rings. The third-order valence-electron chi connectivity index (χ3n) is 20.2. The zero-order valence-corrected chi connectivity index (χ0v) is 50.9. The number of aldehydes is 1. The Morgan fingerprint density at radius 3 is 2.10 bits per heavy atom. The lowest BCUT2D eigenvalue weighted by molar-refractivity contribution is -1.09. The van der Waals surface area contributed by atoms with Gasteiger partial charge in [0.1, 0.15) is 35.9 Å². The second-order valence-electron chi connectivity index (χ2n) is 25.8. The van der Waals surface area contributed by atoms with Crippen LogP contribution in [-0.4, -0.2) is 190 Å². The molecule has 1 spiro atoms. The molecule has 0 aromatic heterocycles. The average Bonchev–Trinajstić information content (AvgIpc) is 1.28. The first-order valence-electron chi connectivity index (χ1n) is 30.1. The molecule has 86 heavy (non-hydrogen) atoms. The van der Waals surface area contributed by atoms with Gasteiger partial charge in [0.05, 0.1) is 80.5 Å². The summed E-state index contributed by atoms with van der Waals surface area (Å²) in [7, 11) is 1.16. The highest BCUT2D eigenvalue weighted by Crippen LogP contribution is 2.61. The van der Waals surface area contributed by atoms with E-state index in [2.05, 4.69) is 5.32 Å². The standard InChI is InChI=1S/C61H88N2O23/c1-26-13-16-41(82-47-24-59(10,63(74)75)54(33(8)80-47)62-58(73)76-12)27(2)19-38-39(66)20-35(25-64)23-61(38)56(71)48(57(72)86-61)55(70)60(11)37(26)15-14-36-49(60)28(3)50(68)29(4)52(36)85-46-22-43(53(32(7)79-46)81-34(9)65)84-44-18-17-42(30(5)77-44)83-45-21-40(67)51(69)31(6)78-45/h13-15,19-20,25,28-33,36-47,49-54,63,66-70,74H,16-18,21-24H2,1-12H3,(H,62,73)/b26-13+,27-19+,55-48?/t28-,29+,30-,31-,32-,33+,36+,37+,38+,39-,40-,41-,42+,43-,44+,45-,46-,47+,49+,50+,51-,52-,53-,54-,59-,60+,61-/m1/s1. The van der Waals surface area contributed by atoms with Crippen molar-refractivity contribution in [2.45, 2.75) is 243 Å². The van der Waals surface area contributed by atoms with Gasteiger partial charge in [0, 0.05) is 55.8 Å². The molecular weight excluding hydrogens is 1130 g/mol. The topological polar surface area (TPSA) is 348 Å². The number of ether oxygens (including phenoxy) is 11. The fourth-order valence-corrected chi connectivity index (χ4v) is 15.5. The van der Waals surface area contributed by atoms with Gasteiger partial charge in [-0.05, 0) is 90.4 Å². The van der Waals surface area contributed by atoms with Crippen LogP contribution >= 0.6 is 0 Å². The number of quaternary nitrogens is 1. The molecule has 480 valence electrons. The number of hydrogen-bond acceptors (Lipinski definition) is 23. The minimum Gasteiger partial charge on any atom is -0.600 e. The third kappa shape index (κ3) is 12.3. The van der Waals surface area contributed by atoms with Crippen LogP contribution in [-0.2, 0) is 71.3 Å². The Morgan fingerprint density at radius 1 is 0.791 bits per heavy atom. The Balaban J connectivity index is 1.05. The number of ketones is 1. The number of aliphatic hydroxyl groups is 5. The van der Waals surface area contributed by atoms with E-state index < -0.39 is 209 Å². The Kier molecular flexibility index (Phi) is 19.7. The number of methoxy groups -OCH3 is 1. The van der Waals surface area contributed by atoms with Crippen molar-refractivity contribution < 1.29 is 112 Å². The van der Waals surface area contributed by atoms with Crippen LogP contribution in [0.1, 0.15) is 121 Å². The molecule has 2 bridgehead atoms. The van der Waals surface area contributed by atoms with Crippen LogP contribution in [0.2, 0.25) is 0 Å². The highest BCUT2D eigenvalue weighted by atomic mass is 16.8. The summed E-state index contributed by atoms with van der Waals surface area (Å²) in [6.07, 6.45) is -6.82. The second-order valence-corrected chi connectivity index (χ2v) is 25.8. The number of amides is 1. The summed E-state index contributed by atoms with van der Waals surface area (Å²) in [5.41, 5.74) is -5.11. The van der Waals surface area contributed by atoms with Gasteiger partial charge in [0.15, 0.2) is 42.4 Å². The number of fused-ring (bicyclic) bond motifs is 4. The number of nitrogens with one attached hydrogen (secondary N) is 2. The number of allylic oxidation sites excluding steroid dienone is 3. The summed E-state index contributed by atoms with van der Waals surface area (Å²) >= 11 is 0. The number of alkyl carbamates (subject to hydrolysis) is 1. The number of Topliss-reactive ketones (excluding diaryl/α,β-unsaturated/α-hetero) is 1. The molecule has 0 radical (unpaired) electrons. The molecular formula is C61H88N2O23. The van der Waals surface area contributed by atoms with Crippen LogP contribution in [0.4, 0.5) is 4.79 Å². The Hall–Kier alpha value is -4.55.